The minimum Gasteiger partial charge on any atom is -0.469 e. The third-order valence-corrected chi connectivity index (χ3v) is 5.99. The predicted octanol–water partition coefficient (Wildman–Crippen LogP) is 2.46. The molecule has 0 atom stereocenters. The molecule has 1 aromatic carbocycles. The number of benzene rings is 1. The maximum atomic E-state index is 12.9. The molecule has 2 aliphatic rings. The average Bonchev–Trinajstić information content (AvgIpc) is 2.78. The van der Waals surface area contributed by atoms with Crippen LogP contribution in [0.3, 0.4) is 0 Å². The Kier molecular flexibility index (Phi) is 6.40. The molecule has 1 saturated carbocycles. The molecular formula is C21H28N4O3. The van der Waals surface area contributed by atoms with E-state index >= 15 is 0 Å². The van der Waals surface area contributed by atoms with Gasteiger partial charge in [-0.3, -0.25) is 4.79 Å². The highest BCUT2D eigenvalue weighted by Gasteiger charge is 2.32. The number of rotatable bonds is 3. The molecule has 0 N–H and O–H groups in total. The normalized spacial score (nSPS) is 22.3. The molecule has 150 valence electrons. The van der Waals surface area contributed by atoms with Gasteiger partial charge in [-0.25, -0.2) is 4.79 Å². The van der Waals surface area contributed by atoms with Crippen LogP contribution in [0.5, 0.6) is 0 Å². The van der Waals surface area contributed by atoms with Crippen molar-refractivity contribution in [3.8, 4) is 6.07 Å². The molecule has 0 radical (unpaired) electrons. The number of amides is 2. The van der Waals surface area contributed by atoms with Gasteiger partial charge in [0, 0.05) is 45.0 Å². The fraction of sp³-hybridized carbons (Fsp3) is 0.571. The van der Waals surface area contributed by atoms with Gasteiger partial charge in [0.15, 0.2) is 0 Å². The summed E-state index contributed by atoms with van der Waals surface area (Å²) in [7, 11) is 3.31. The lowest BCUT2D eigenvalue weighted by molar-refractivity contribution is -0.146. The first-order chi connectivity index (χ1) is 13.5. The Morgan fingerprint density at radius 1 is 1.07 bits per heavy atom. The van der Waals surface area contributed by atoms with Crippen molar-refractivity contribution in [2.24, 2.45) is 5.92 Å². The molecule has 0 aromatic heterocycles. The third kappa shape index (κ3) is 4.38. The minimum atomic E-state index is -0.133. The highest BCUT2D eigenvalue weighted by molar-refractivity contribution is 5.75. The summed E-state index contributed by atoms with van der Waals surface area (Å²) in [4.78, 5) is 30.6. The molecule has 3 rings (SSSR count). The Balaban J connectivity index is 1.49. The molecule has 7 nitrogen and oxygen atoms in total. The summed E-state index contributed by atoms with van der Waals surface area (Å²) >= 11 is 0. The second kappa shape index (κ2) is 8.96. The molecule has 1 saturated heterocycles. The van der Waals surface area contributed by atoms with E-state index in [-0.39, 0.29) is 24.0 Å². The lowest BCUT2D eigenvalue weighted by atomic mass is 9.85. The highest BCUT2D eigenvalue weighted by atomic mass is 16.5. The number of ether oxygens (including phenoxy) is 1. The summed E-state index contributed by atoms with van der Waals surface area (Å²) in [6.45, 7) is 2.92. The molecular weight excluding hydrogens is 356 g/mol. The number of carbonyl (C=O) groups is 2. The maximum absolute atomic E-state index is 12.9. The number of hydrogen-bond acceptors (Lipinski definition) is 5. The zero-order chi connectivity index (χ0) is 20.1. The van der Waals surface area contributed by atoms with Crippen molar-refractivity contribution in [1.29, 1.82) is 5.26 Å². The van der Waals surface area contributed by atoms with E-state index in [0.29, 0.717) is 18.7 Å². The Labute approximate surface area is 166 Å². The summed E-state index contributed by atoms with van der Waals surface area (Å²) < 4.78 is 4.84. The van der Waals surface area contributed by atoms with Crippen LogP contribution in [0, 0.1) is 17.2 Å². The number of piperazine rings is 1. The van der Waals surface area contributed by atoms with Gasteiger partial charge in [-0.1, -0.05) is 0 Å². The smallest absolute Gasteiger partial charge is 0.320 e. The average molecular weight is 384 g/mol. The Morgan fingerprint density at radius 2 is 1.68 bits per heavy atom. The molecule has 0 unspecified atom stereocenters. The second-order valence-electron chi connectivity index (χ2n) is 7.55. The number of methoxy groups -OCH3 is 1. The SMILES string of the molecule is COC(=O)C1CCC(N(C)C(=O)N2CCN(c3ccc(C#N)cc3)CC2)CC1. The number of hydrogen-bond donors (Lipinski definition) is 0. The largest absolute Gasteiger partial charge is 0.469 e. The van der Waals surface area contributed by atoms with E-state index in [1.807, 2.05) is 41.1 Å². The number of carbonyl (C=O) groups excluding carboxylic acids is 2. The van der Waals surface area contributed by atoms with Gasteiger partial charge in [-0.15, -0.1) is 0 Å². The number of esters is 1. The quantitative estimate of drug-likeness (QED) is 0.748. The van der Waals surface area contributed by atoms with E-state index in [4.69, 9.17) is 10.00 Å². The molecule has 1 aliphatic heterocycles. The maximum Gasteiger partial charge on any atom is 0.320 e. The third-order valence-electron chi connectivity index (χ3n) is 5.99. The van der Waals surface area contributed by atoms with E-state index in [1.54, 1.807) is 0 Å². The van der Waals surface area contributed by atoms with Gasteiger partial charge < -0.3 is 19.4 Å². The van der Waals surface area contributed by atoms with Gasteiger partial charge in [0.2, 0.25) is 0 Å². The molecule has 2 amide bonds. The van der Waals surface area contributed by atoms with Crippen molar-refractivity contribution >= 4 is 17.7 Å². The summed E-state index contributed by atoms with van der Waals surface area (Å²) in [5, 5.41) is 8.91. The Hall–Kier alpha value is -2.75. The predicted molar refractivity (Wildman–Crippen MR) is 106 cm³/mol. The van der Waals surface area contributed by atoms with E-state index in [2.05, 4.69) is 11.0 Å². The number of anilines is 1. The van der Waals surface area contributed by atoms with Crippen LogP contribution in [0.4, 0.5) is 10.5 Å². The van der Waals surface area contributed by atoms with E-state index in [9.17, 15) is 9.59 Å². The van der Waals surface area contributed by atoms with Crippen LogP contribution in [0.1, 0.15) is 31.2 Å². The second-order valence-corrected chi connectivity index (χ2v) is 7.55. The lowest BCUT2D eigenvalue weighted by Crippen LogP contribution is -2.54. The van der Waals surface area contributed by atoms with Gasteiger partial charge in [0.1, 0.15) is 0 Å². The zero-order valence-corrected chi connectivity index (χ0v) is 16.6. The molecule has 0 spiro atoms. The Bertz CT molecular complexity index is 727. The first-order valence-corrected chi connectivity index (χ1v) is 9.88. The highest BCUT2D eigenvalue weighted by Crippen LogP contribution is 2.28. The fourth-order valence-corrected chi connectivity index (χ4v) is 4.15. The summed E-state index contributed by atoms with van der Waals surface area (Å²) in [5.74, 6) is -0.160. The van der Waals surface area contributed by atoms with Crippen molar-refractivity contribution < 1.29 is 14.3 Å². The molecule has 2 fully saturated rings. The van der Waals surface area contributed by atoms with E-state index < -0.39 is 0 Å². The van der Waals surface area contributed by atoms with Crippen molar-refractivity contribution in [2.45, 2.75) is 31.7 Å². The standard InChI is InChI=1S/C21H28N4O3/c1-23(18-9-5-17(6-10-18)20(26)28-2)21(27)25-13-11-24(12-14-25)19-7-3-16(15-22)4-8-19/h3-4,7-8,17-18H,5-6,9-14H2,1-2H3. The molecule has 1 heterocycles. The number of urea groups is 1. The monoisotopic (exact) mass is 384 g/mol. The van der Waals surface area contributed by atoms with Crippen LogP contribution in [-0.2, 0) is 9.53 Å². The van der Waals surface area contributed by atoms with Gasteiger partial charge >= 0.3 is 12.0 Å². The Morgan fingerprint density at radius 3 is 2.21 bits per heavy atom. The first-order valence-electron chi connectivity index (χ1n) is 9.88. The van der Waals surface area contributed by atoms with Crippen molar-refractivity contribution in [3.05, 3.63) is 29.8 Å². The van der Waals surface area contributed by atoms with Gasteiger partial charge in [0.05, 0.1) is 24.7 Å². The number of nitriles is 1. The van der Waals surface area contributed by atoms with E-state index in [1.165, 1.54) is 7.11 Å². The van der Waals surface area contributed by atoms with Gasteiger partial charge in [0.25, 0.3) is 0 Å². The molecule has 7 heteroatoms. The van der Waals surface area contributed by atoms with E-state index in [0.717, 1.165) is 44.5 Å². The minimum absolute atomic E-state index is 0.0271. The molecule has 1 aliphatic carbocycles. The molecule has 28 heavy (non-hydrogen) atoms. The van der Waals surface area contributed by atoms with Crippen LogP contribution in [0.15, 0.2) is 24.3 Å². The topological polar surface area (TPSA) is 76.9 Å². The molecule has 1 aromatic rings. The van der Waals surface area contributed by atoms with Crippen molar-refractivity contribution in [2.75, 3.05) is 45.2 Å². The zero-order valence-electron chi connectivity index (χ0n) is 16.6. The van der Waals surface area contributed by atoms with Crippen LogP contribution in [-0.4, -0.2) is 68.2 Å². The van der Waals surface area contributed by atoms with Crippen LogP contribution in [0.2, 0.25) is 0 Å². The lowest BCUT2D eigenvalue weighted by Gasteiger charge is -2.40. The van der Waals surface area contributed by atoms with Crippen LogP contribution < -0.4 is 4.90 Å². The van der Waals surface area contributed by atoms with Crippen molar-refractivity contribution in [1.82, 2.24) is 9.80 Å². The first kappa shape index (κ1) is 20.0. The summed E-state index contributed by atoms with van der Waals surface area (Å²) in [6, 6.07) is 9.96. The fourth-order valence-electron chi connectivity index (χ4n) is 4.15. The number of nitrogens with zero attached hydrogens (tertiary/aromatic N) is 4. The molecule has 0 bridgehead atoms. The van der Waals surface area contributed by atoms with Gasteiger partial charge in [-0.05, 0) is 49.9 Å². The van der Waals surface area contributed by atoms with Crippen LogP contribution in [0.25, 0.3) is 0 Å². The summed E-state index contributed by atoms with van der Waals surface area (Å²) in [5.41, 5.74) is 1.74. The van der Waals surface area contributed by atoms with Gasteiger partial charge in [-0.2, -0.15) is 5.26 Å². The summed E-state index contributed by atoms with van der Waals surface area (Å²) in [6.07, 6.45) is 3.24. The van der Waals surface area contributed by atoms with Crippen LogP contribution >= 0.6 is 0 Å². The van der Waals surface area contributed by atoms with Crippen molar-refractivity contribution in [3.63, 3.8) is 0 Å².